The maximum atomic E-state index is 12.5. The van der Waals surface area contributed by atoms with E-state index in [0.29, 0.717) is 31.6 Å². The molecule has 0 aliphatic carbocycles. The first-order chi connectivity index (χ1) is 14.8. The largest absolute Gasteiger partial charge is 0.326 e. The van der Waals surface area contributed by atoms with Crippen molar-refractivity contribution in [2.45, 2.75) is 45.4 Å². The van der Waals surface area contributed by atoms with Gasteiger partial charge in [-0.15, -0.1) is 0 Å². The Morgan fingerprint density at radius 3 is 2.39 bits per heavy atom. The molecule has 0 saturated heterocycles. The van der Waals surface area contributed by atoms with Gasteiger partial charge in [-0.3, -0.25) is 29.4 Å². The molecule has 8 heteroatoms. The molecular weight excluding hydrogens is 398 g/mol. The highest BCUT2D eigenvalue weighted by Gasteiger charge is 2.40. The zero-order valence-electron chi connectivity index (χ0n) is 17.6. The van der Waals surface area contributed by atoms with Crippen LogP contribution in [0.25, 0.3) is 0 Å². The second-order valence-corrected chi connectivity index (χ2v) is 7.85. The summed E-state index contributed by atoms with van der Waals surface area (Å²) in [6, 6.07) is 11.8. The molecule has 3 rings (SSSR count). The summed E-state index contributed by atoms with van der Waals surface area (Å²) in [6.45, 7) is 4.38. The Labute approximate surface area is 180 Å². The highest BCUT2D eigenvalue weighted by Crippen LogP contribution is 2.30. The van der Waals surface area contributed by atoms with Crippen molar-refractivity contribution in [1.29, 1.82) is 0 Å². The SMILES string of the molecule is CC(C)c1ccc(NC(=O)CCCCCN2C(=O)c3cccc([N+](=O)[O-])c3C2=O)cc1. The summed E-state index contributed by atoms with van der Waals surface area (Å²) in [7, 11) is 0. The van der Waals surface area contributed by atoms with E-state index in [-0.39, 0.29) is 29.3 Å². The number of hydrogen-bond acceptors (Lipinski definition) is 5. The molecule has 1 aliphatic rings. The summed E-state index contributed by atoms with van der Waals surface area (Å²) >= 11 is 0. The molecule has 0 aromatic heterocycles. The number of carbonyl (C=O) groups excluding carboxylic acids is 3. The van der Waals surface area contributed by atoms with Crippen LogP contribution in [0, 0.1) is 10.1 Å². The molecule has 1 heterocycles. The highest BCUT2D eigenvalue weighted by molar-refractivity contribution is 6.23. The first-order valence-corrected chi connectivity index (χ1v) is 10.3. The van der Waals surface area contributed by atoms with Crippen molar-refractivity contribution in [1.82, 2.24) is 4.90 Å². The topological polar surface area (TPSA) is 110 Å². The Morgan fingerprint density at radius 1 is 1.03 bits per heavy atom. The van der Waals surface area contributed by atoms with Crippen LogP contribution in [0.5, 0.6) is 0 Å². The van der Waals surface area contributed by atoms with Crippen molar-refractivity contribution in [3.8, 4) is 0 Å². The van der Waals surface area contributed by atoms with Gasteiger partial charge >= 0.3 is 0 Å². The van der Waals surface area contributed by atoms with Crippen molar-refractivity contribution in [2.24, 2.45) is 0 Å². The van der Waals surface area contributed by atoms with Crippen LogP contribution in [0.2, 0.25) is 0 Å². The Hall–Kier alpha value is -3.55. The molecule has 1 N–H and O–H groups in total. The Morgan fingerprint density at radius 2 is 1.74 bits per heavy atom. The monoisotopic (exact) mass is 423 g/mol. The number of unbranched alkanes of at least 4 members (excludes halogenated alkanes) is 2. The number of carbonyl (C=O) groups is 3. The molecular formula is C23H25N3O5. The molecule has 0 unspecified atom stereocenters. The molecule has 0 fully saturated rings. The van der Waals surface area contributed by atoms with Crippen LogP contribution in [-0.2, 0) is 4.79 Å². The van der Waals surface area contributed by atoms with Gasteiger partial charge in [0.1, 0.15) is 5.56 Å². The number of imide groups is 1. The molecule has 1 aliphatic heterocycles. The Bertz CT molecular complexity index is 1010. The van der Waals surface area contributed by atoms with E-state index in [1.807, 2.05) is 24.3 Å². The number of nitrogens with zero attached hydrogens (tertiary/aromatic N) is 2. The van der Waals surface area contributed by atoms with Crippen molar-refractivity contribution < 1.29 is 19.3 Å². The second kappa shape index (κ2) is 9.51. The van der Waals surface area contributed by atoms with Crippen LogP contribution in [0.3, 0.4) is 0 Å². The van der Waals surface area contributed by atoms with Gasteiger partial charge in [-0.05, 0) is 42.5 Å². The van der Waals surface area contributed by atoms with Crippen molar-refractivity contribution >= 4 is 29.1 Å². The molecule has 0 bridgehead atoms. The number of amides is 3. The van der Waals surface area contributed by atoms with Gasteiger partial charge in [-0.1, -0.05) is 38.5 Å². The number of nitro groups is 1. The molecule has 8 nitrogen and oxygen atoms in total. The number of rotatable bonds is 9. The van der Waals surface area contributed by atoms with Gasteiger partial charge in [-0.2, -0.15) is 0 Å². The van der Waals surface area contributed by atoms with Crippen LogP contribution < -0.4 is 5.32 Å². The number of anilines is 1. The van der Waals surface area contributed by atoms with E-state index in [1.54, 1.807) is 0 Å². The van der Waals surface area contributed by atoms with Gasteiger partial charge in [-0.25, -0.2) is 0 Å². The standard InChI is InChI=1S/C23H25N3O5/c1-15(2)16-10-12-17(13-11-16)24-20(27)9-4-3-5-14-25-22(28)18-7-6-8-19(26(30)31)21(18)23(25)29/h6-8,10-13,15H,3-5,9,14H2,1-2H3,(H,24,27). The lowest BCUT2D eigenvalue weighted by Crippen LogP contribution is -2.30. The first-order valence-electron chi connectivity index (χ1n) is 10.3. The predicted octanol–water partition coefficient (Wildman–Crippen LogP) is 4.51. The second-order valence-electron chi connectivity index (χ2n) is 7.85. The third-order valence-corrected chi connectivity index (χ3v) is 5.32. The van der Waals surface area contributed by atoms with E-state index in [9.17, 15) is 24.5 Å². The minimum absolute atomic E-state index is 0.0714. The van der Waals surface area contributed by atoms with E-state index in [0.717, 1.165) is 10.6 Å². The highest BCUT2D eigenvalue weighted by atomic mass is 16.6. The fraction of sp³-hybridized carbons (Fsp3) is 0.348. The lowest BCUT2D eigenvalue weighted by atomic mass is 10.0. The maximum absolute atomic E-state index is 12.5. The third kappa shape index (κ3) is 4.96. The molecule has 31 heavy (non-hydrogen) atoms. The predicted molar refractivity (Wildman–Crippen MR) is 116 cm³/mol. The Balaban J connectivity index is 1.44. The molecule has 0 spiro atoms. The molecule has 0 radical (unpaired) electrons. The summed E-state index contributed by atoms with van der Waals surface area (Å²) in [4.78, 5) is 48.6. The summed E-state index contributed by atoms with van der Waals surface area (Å²) in [6.07, 6.45) is 2.11. The molecule has 2 aromatic carbocycles. The summed E-state index contributed by atoms with van der Waals surface area (Å²) in [5.74, 6) is -0.798. The molecule has 0 atom stereocenters. The maximum Gasteiger partial charge on any atom is 0.282 e. The van der Waals surface area contributed by atoms with Crippen LogP contribution >= 0.6 is 0 Å². The average Bonchev–Trinajstić information content (AvgIpc) is 2.98. The molecule has 162 valence electrons. The lowest BCUT2D eigenvalue weighted by molar-refractivity contribution is -0.385. The smallest absolute Gasteiger partial charge is 0.282 e. The first kappa shape index (κ1) is 22.1. The normalized spacial score (nSPS) is 12.9. The van der Waals surface area contributed by atoms with Gasteiger partial charge in [0.2, 0.25) is 5.91 Å². The van der Waals surface area contributed by atoms with Crippen molar-refractivity contribution in [3.63, 3.8) is 0 Å². The third-order valence-electron chi connectivity index (χ3n) is 5.32. The van der Waals surface area contributed by atoms with Gasteiger partial charge < -0.3 is 5.32 Å². The quantitative estimate of drug-likeness (QED) is 0.276. The summed E-state index contributed by atoms with van der Waals surface area (Å²) in [5, 5.41) is 14.0. The fourth-order valence-electron chi connectivity index (χ4n) is 3.58. The molecule has 2 aromatic rings. The minimum Gasteiger partial charge on any atom is -0.326 e. The number of hydrogen-bond donors (Lipinski definition) is 1. The average molecular weight is 423 g/mol. The van der Waals surface area contributed by atoms with E-state index >= 15 is 0 Å². The number of fused-ring (bicyclic) bond motifs is 1. The number of nitro benzene ring substituents is 1. The van der Waals surface area contributed by atoms with Crippen LogP contribution in [0.1, 0.15) is 71.7 Å². The van der Waals surface area contributed by atoms with Crippen molar-refractivity contribution in [3.05, 3.63) is 69.3 Å². The minimum atomic E-state index is -0.650. The zero-order valence-corrected chi connectivity index (χ0v) is 17.6. The zero-order chi connectivity index (χ0) is 22.5. The van der Waals surface area contributed by atoms with E-state index in [2.05, 4.69) is 19.2 Å². The van der Waals surface area contributed by atoms with Gasteiger partial charge in [0.05, 0.1) is 10.5 Å². The van der Waals surface area contributed by atoms with E-state index < -0.39 is 16.7 Å². The number of benzene rings is 2. The van der Waals surface area contributed by atoms with Gasteiger partial charge in [0.25, 0.3) is 17.5 Å². The van der Waals surface area contributed by atoms with Crippen molar-refractivity contribution in [2.75, 3.05) is 11.9 Å². The summed E-state index contributed by atoms with van der Waals surface area (Å²) in [5.41, 5.74) is 1.54. The van der Waals surface area contributed by atoms with Gasteiger partial charge in [0.15, 0.2) is 0 Å². The Kier molecular flexibility index (Phi) is 6.79. The van der Waals surface area contributed by atoms with Crippen LogP contribution in [0.4, 0.5) is 11.4 Å². The van der Waals surface area contributed by atoms with Gasteiger partial charge in [0, 0.05) is 24.7 Å². The molecule has 0 saturated carbocycles. The van der Waals surface area contributed by atoms with E-state index in [1.165, 1.54) is 23.8 Å². The van der Waals surface area contributed by atoms with Crippen LogP contribution in [0.15, 0.2) is 42.5 Å². The summed E-state index contributed by atoms with van der Waals surface area (Å²) < 4.78 is 0. The van der Waals surface area contributed by atoms with Crippen LogP contribution in [-0.4, -0.2) is 34.1 Å². The molecule has 3 amide bonds. The lowest BCUT2D eigenvalue weighted by Gasteiger charge is -2.13. The van der Waals surface area contributed by atoms with E-state index in [4.69, 9.17) is 0 Å². The number of nitrogens with one attached hydrogen (secondary N) is 1. The fourth-order valence-corrected chi connectivity index (χ4v) is 3.58.